The minimum atomic E-state index is -1.24. The van der Waals surface area contributed by atoms with Crippen molar-refractivity contribution in [3.05, 3.63) is 28.3 Å². The molecule has 3 rings (SSSR count). The Balaban J connectivity index is 1.87. The summed E-state index contributed by atoms with van der Waals surface area (Å²) < 4.78 is 27.1. The summed E-state index contributed by atoms with van der Waals surface area (Å²) in [6.07, 6.45) is 2.14. The monoisotopic (exact) mass is 470 g/mol. The van der Waals surface area contributed by atoms with E-state index in [2.05, 4.69) is 4.72 Å². The fraction of sp³-hybridized carbons (Fsp3) is 0.696. The molecule has 0 radical (unpaired) electrons. The number of rotatable bonds is 3. The van der Waals surface area contributed by atoms with Gasteiger partial charge in [-0.1, -0.05) is 11.6 Å². The van der Waals surface area contributed by atoms with Gasteiger partial charge in [0.25, 0.3) is 0 Å². The SMILES string of the molecule is COc1cc2c(cc1Cl)[C@@H](N[S@+]([O-])C(C)(C)C)C1(CCN(C(=O)OC(C)(C)C)CC1)C2. The second-order valence-corrected chi connectivity index (χ2v) is 13.0. The van der Waals surface area contributed by atoms with E-state index >= 15 is 0 Å². The van der Waals surface area contributed by atoms with Crippen molar-refractivity contribution in [2.24, 2.45) is 5.41 Å². The summed E-state index contributed by atoms with van der Waals surface area (Å²) in [5, 5.41) is 0.554. The minimum Gasteiger partial charge on any atom is -0.598 e. The Morgan fingerprint density at radius 3 is 2.35 bits per heavy atom. The normalized spacial score (nSPS) is 21.7. The van der Waals surface area contributed by atoms with E-state index in [9.17, 15) is 9.35 Å². The van der Waals surface area contributed by atoms with Crippen LogP contribution in [0.25, 0.3) is 0 Å². The van der Waals surface area contributed by atoms with Crippen molar-refractivity contribution in [2.45, 2.75) is 77.2 Å². The molecule has 0 aromatic heterocycles. The van der Waals surface area contributed by atoms with Gasteiger partial charge in [-0.2, -0.15) is 0 Å². The van der Waals surface area contributed by atoms with E-state index in [-0.39, 0.29) is 17.6 Å². The standard InChI is InChI=1S/C23H35ClN2O4S/c1-21(2,3)30-20(27)26-10-8-23(9-11-26)14-15-12-18(29-7)17(24)13-16(15)19(23)25-31(28)22(4,5)6/h12-13,19,25H,8-11,14H2,1-7H3/t19-,31-/m1/s1. The van der Waals surface area contributed by atoms with Crippen LogP contribution in [0.4, 0.5) is 4.79 Å². The lowest BCUT2D eigenvalue weighted by Gasteiger charge is -2.43. The Morgan fingerprint density at radius 2 is 1.84 bits per heavy atom. The molecule has 1 aromatic carbocycles. The van der Waals surface area contributed by atoms with Gasteiger partial charge in [0, 0.05) is 29.9 Å². The van der Waals surface area contributed by atoms with Gasteiger partial charge in [0.05, 0.1) is 18.2 Å². The molecule has 1 N–H and O–H groups in total. The maximum atomic E-state index is 13.1. The highest BCUT2D eigenvalue weighted by atomic mass is 35.5. The number of halogens is 1. The molecule has 6 nitrogen and oxygen atoms in total. The molecule has 1 saturated heterocycles. The van der Waals surface area contributed by atoms with Crippen LogP contribution < -0.4 is 9.46 Å². The third-order valence-electron chi connectivity index (χ3n) is 6.07. The highest BCUT2D eigenvalue weighted by molar-refractivity contribution is 7.90. The zero-order valence-corrected chi connectivity index (χ0v) is 21.2. The Kier molecular flexibility index (Phi) is 6.84. The quantitative estimate of drug-likeness (QED) is 0.628. The predicted molar refractivity (Wildman–Crippen MR) is 125 cm³/mol. The largest absolute Gasteiger partial charge is 0.598 e. The number of fused-ring (bicyclic) bond motifs is 1. The fourth-order valence-electron chi connectivity index (χ4n) is 4.40. The van der Waals surface area contributed by atoms with Crippen molar-refractivity contribution in [1.82, 2.24) is 9.62 Å². The number of nitrogens with zero attached hydrogens (tertiary/aromatic N) is 1. The molecule has 0 bridgehead atoms. The van der Waals surface area contributed by atoms with Crippen molar-refractivity contribution < 1.29 is 18.8 Å². The van der Waals surface area contributed by atoms with E-state index < -0.39 is 21.7 Å². The number of hydrogen-bond donors (Lipinski definition) is 1. The topological polar surface area (TPSA) is 73.9 Å². The molecule has 0 saturated carbocycles. The molecule has 31 heavy (non-hydrogen) atoms. The molecule has 1 amide bonds. The van der Waals surface area contributed by atoms with E-state index in [1.165, 1.54) is 0 Å². The Labute approximate surface area is 194 Å². The molecule has 2 aliphatic rings. The predicted octanol–water partition coefficient (Wildman–Crippen LogP) is 5.01. The van der Waals surface area contributed by atoms with E-state index in [1.807, 2.05) is 53.7 Å². The maximum absolute atomic E-state index is 13.1. The molecular weight excluding hydrogens is 436 g/mol. The van der Waals surface area contributed by atoms with E-state index in [0.717, 1.165) is 30.4 Å². The summed E-state index contributed by atoms with van der Waals surface area (Å²) in [7, 11) is 1.61. The summed E-state index contributed by atoms with van der Waals surface area (Å²) in [5.74, 6) is 0.652. The van der Waals surface area contributed by atoms with Crippen molar-refractivity contribution in [3.63, 3.8) is 0 Å². The van der Waals surface area contributed by atoms with Gasteiger partial charge in [0.2, 0.25) is 0 Å². The molecular formula is C23H35ClN2O4S. The summed E-state index contributed by atoms with van der Waals surface area (Å²) in [5.41, 5.74) is 1.58. The molecule has 2 atom stereocenters. The highest BCUT2D eigenvalue weighted by Crippen LogP contribution is 2.54. The van der Waals surface area contributed by atoms with Crippen LogP contribution in [0, 0.1) is 5.41 Å². The lowest BCUT2D eigenvalue weighted by Crippen LogP contribution is -2.51. The summed E-state index contributed by atoms with van der Waals surface area (Å²) >= 11 is 5.22. The third kappa shape index (κ3) is 5.27. The van der Waals surface area contributed by atoms with Crippen LogP contribution in [0.1, 0.15) is 71.6 Å². The fourth-order valence-corrected chi connectivity index (χ4v) is 5.59. The van der Waals surface area contributed by atoms with Crippen molar-refractivity contribution in [1.29, 1.82) is 0 Å². The summed E-state index contributed by atoms with van der Waals surface area (Å²) in [6, 6.07) is 3.84. The number of carbonyl (C=O) groups is 1. The number of ether oxygens (including phenoxy) is 2. The number of carbonyl (C=O) groups excluding carboxylic acids is 1. The Morgan fingerprint density at radius 1 is 1.23 bits per heavy atom. The first-order valence-electron chi connectivity index (χ1n) is 10.8. The molecule has 1 aliphatic carbocycles. The number of amides is 1. The van der Waals surface area contributed by atoms with Gasteiger partial charge < -0.3 is 18.9 Å². The van der Waals surface area contributed by atoms with Gasteiger partial charge in [-0.3, -0.25) is 0 Å². The van der Waals surface area contributed by atoms with Crippen LogP contribution in [-0.2, 0) is 22.5 Å². The van der Waals surface area contributed by atoms with Crippen LogP contribution in [-0.4, -0.2) is 46.1 Å². The number of methoxy groups -OCH3 is 1. The second-order valence-electron chi connectivity index (χ2n) is 10.6. The Hall–Kier alpha value is -1.15. The first-order chi connectivity index (χ1) is 14.3. The molecule has 1 aromatic rings. The number of piperidine rings is 1. The molecule has 1 heterocycles. The minimum absolute atomic E-state index is 0.105. The van der Waals surface area contributed by atoms with E-state index in [1.54, 1.807) is 12.0 Å². The first kappa shape index (κ1) is 24.5. The van der Waals surface area contributed by atoms with Gasteiger partial charge in [-0.05, 0) is 84.1 Å². The first-order valence-corrected chi connectivity index (χ1v) is 12.3. The summed E-state index contributed by atoms with van der Waals surface area (Å²) in [6.45, 7) is 12.7. The number of likely N-dealkylation sites (tertiary alicyclic amines) is 1. The van der Waals surface area contributed by atoms with Crippen molar-refractivity contribution in [3.8, 4) is 5.75 Å². The van der Waals surface area contributed by atoms with Gasteiger partial charge in [0.1, 0.15) is 16.1 Å². The molecule has 174 valence electrons. The smallest absolute Gasteiger partial charge is 0.410 e. The van der Waals surface area contributed by atoms with Gasteiger partial charge in [-0.15, -0.1) is 4.72 Å². The molecule has 1 aliphatic heterocycles. The number of nitrogens with one attached hydrogen (secondary N) is 1. The highest BCUT2D eigenvalue weighted by Gasteiger charge is 2.51. The maximum Gasteiger partial charge on any atom is 0.410 e. The summed E-state index contributed by atoms with van der Waals surface area (Å²) in [4.78, 5) is 14.3. The van der Waals surface area contributed by atoms with Crippen molar-refractivity contribution >= 4 is 29.1 Å². The lowest BCUT2D eigenvalue weighted by molar-refractivity contribution is 0.00716. The van der Waals surface area contributed by atoms with E-state index in [4.69, 9.17) is 21.1 Å². The lowest BCUT2D eigenvalue weighted by atomic mass is 9.73. The van der Waals surface area contributed by atoms with Gasteiger partial charge >= 0.3 is 6.09 Å². The molecule has 1 spiro atoms. The third-order valence-corrected chi connectivity index (χ3v) is 7.93. The Bertz CT molecular complexity index is 826. The molecule has 8 heteroatoms. The van der Waals surface area contributed by atoms with Crippen molar-refractivity contribution in [2.75, 3.05) is 20.2 Å². The van der Waals surface area contributed by atoms with Gasteiger partial charge in [0.15, 0.2) is 0 Å². The van der Waals surface area contributed by atoms with E-state index in [0.29, 0.717) is 23.9 Å². The van der Waals surface area contributed by atoms with Crippen LogP contribution in [0.3, 0.4) is 0 Å². The molecule has 0 unspecified atom stereocenters. The van der Waals surface area contributed by atoms with Crippen LogP contribution in [0.15, 0.2) is 12.1 Å². The zero-order chi connectivity index (χ0) is 23.2. The van der Waals surface area contributed by atoms with Gasteiger partial charge in [-0.25, -0.2) is 4.79 Å². The van der Waals surface area contributed by atoms with Crippen LogP contribution in [0.2, 0.25) is 5.02 Å². The average molecular weight is 471 g/mol. The van der Waals surface area contributed by atoms with Crippen LogP contribution >= 0.6 is 11.6 Å². The zero-order valence-electron chi connectivity index (χ0n) is 19.6. The van der Waals surface area contributed by atoms with Crippen LogP contribution in [0.5, 0.6) is 5.75 Å². The second kappa shape index (κ2) is 8.65. The number of benzene rings is 1. The number of hydrogen-bond acceptors (Lipinski definition) is 5. The average Bonchev–Trinajstić information content (AvgIpc) is 2.91. The molecule has 1 fully saturated rings.